The van der Waals surface area contributed by atoms with Gasteiger partial charge in [0, 0.05) is 31.8 Å². The molecule has 33 heavy (non-hydrogen) atoms. The normalized spacial score (nSPS) is 13.8. The van der Waals surface area contributed by atoms with E-state index in [1.165, 1.54) is 18.2 Å². The number of anilines is 1. The second kappa shape index (κ2) is 11.1. The number of ether oxygens (including phenoxy) is 1. The monoisotopic (exact) mass is 454 g/mol. The summed E-state index contributed by atoms with van der Waals surface area (Å²) in [6.07, 6.45) is 1.39. The SMILES string of the molecule is Cc1ccc([N+](=O)[O-])cc1NC(=O)C(=O)NCC1CCN(C(=O)COc2ccccc2)CC1. The van der Waals surface area contributed by atoms with Crippen molar-refractivity contribution in [2.24, 2.45) is 5.92 Å². The Morgan fingerprint density at radius 2 is 1.79 bits per heavy atom. The average Bonchev–Trinajstić information content (AvgIpc) is 2.83. The lowest BCUT2D eigenvalue weighted by molar-refractivity contribution is -0.384. The van der Waals surface area contributed by atoms with Crippen LogP contribution in [0.4, 0.5) is 11.4 Å². The van der Waals surface area contributed by atoms with Gasteiger partial charge in [-0.15, -0.1) is 0 Å². The lowest BCUT2D eigenvalue weighted by atomic mass is 9.96. The molecule has 1 aliphatic heterocycles. The summed E-state index contributed by atoms with van der Waals surface area (Å²) < 4.78 is 5.50. The largest absolute Gasteiger partial charge is 0.484 e. The maximum Gasteiger partial charge on any atom is 0.313 e. The van der Waals surface area contributed by atoms with Gasteiger partial charge in [-0.25, -0.2) is 0 Å². The molecule has 2 aromatic carbocycles. The number of nitro groups is 1. The Labute approximate surface area is 191 Å². The van der Waals surface area contributed by atoms with Crippen LogP contribution in [0.15, 0.2) is 48.5 Å². The van der Waals surface area contributed by atoms with Gasteiger partial charge in [-0.05, 0) is 43.4 Å². The minimum Gasteiger partial charge on any atom is -0.484 e. The van der Waals surface area contributed by atoms with E-state index in [1.807, 2.05) is 18.2 Å². The summed E-state index contributed by atoms with van der Waals surface area (Å²) in [6.45, 7) is 3.07. The second-order valence-electron chi connectivity index (χ2n) is 7.85. The van der Waals surface area contributed by atoms with Crippen LogP contribution < -0.4 is 15.4 Å². The fraction of sp³-hybridized carbons (Fsp3) is 0.348. The molecule has 10 heteroatoms. The van der Waals surface area contributed by atoms with Crippen LogP contribution in [0, 0.1) is 23.0 Å². The molecule has 3 rings (SSSR count). The zero-order valence-electron chi connectivity index (χ0n) is 18.3. The molecule has 174 valence electrons. The van der Waals surface area contributed by atoms with Gasteiger partial charge < -0.3 is 20.3 Å². The number of carbonyl (C=O) groups excluding carboxylic acids is 3. The maximum absolute atomic E-state index is 12.3. The summed E-state index contributed by atoms with van der Waals surface area (Å²) in [5.41, 5.74) is 0.649. The molecular weight excluding hydrogens is 428 g/mol. The van der Waals surface area contributed by atoms with Gasteiger partial charge in [-0.3, -0.25) is 24.5 Å². The highest BCUT2D eigenvalue weighted by atomic mass is 16.6. The Morgan fingerprint density at radius 1 is 1.09 bits per heavy atom. The fourth-order valence-corrected chi connectivity index (χ4v) is 3.49. The first kappa shape index (κ1) is 23.7. The van der Waals surface area contributed by atoms with Crippen molar-refractivity contribution in [3.63, 3.8) is 0 Å². The first-order valence-electron chi connectivity index (χ1n) is 10.6. The Hall–Kier alpha value is -3.95. The van der Waals surface area contributed by atoms with Crippen LogP contribution in [0.1, 0.15) is 18.4 Å². The number of likely N-dealkylation sites (tertiary alicyclic amines) is 1. The van der Waals surface area contributed by atoms with Crippen LogP contribution in [0.25, 0.3) is 0 Å². The third kappa shape index (κ3) is 6.76. The predicted molar refractivity (Wildman–Crippen MR) is 121 cm³/mol. The van der Waals surface area contributed by atoms with Gasteiger partial charge in [0.25, 0.3) is 11.6 Å². The number of rotatable bonds is 7. The van der Waals surface area contributed by atoms with Crippen molar-refractivity contribution < 1.29 is 24.0 Å². The van der Waals surface area contributed by atoms with Crippen molar-refractivity contribution in [2.75, 3.05) is 31.6 Å². The molecule has 0 spiro atoms. The van der Waals surface area contributed by atoms with Crippen molar-refractivity contribution >= 4 is 29.1 Å². The van der Waals surface area contributed by atoms with E-state index >= 15 is 0 Å². The molecule has 0 aromatic heterocycles. The Bertz CT molecular complexity index is 1020. The zero-order chi connectivity index (χ0) is 23.8. The molecule has 3 amide bonds. The topological polar surface area (TPSA) is 131 Å². The third-order valence-electron chi connectivity index (χ3n) is 5.51. The molecule has 0 radical (unpaired) electrons. The van der Waals surface area contributed by atoms with E-state index in [-0.39, 0.29) is 29.8 Å². The summed E-state index contributed by atoms with van der Waals surface area (Å²) in [7, 11) is 0. The number of nitro benzene ring substituents is 1. The number of nitrogens with one attached hydrogen (secondary N) is 2. The number of benzene rings is 2. The van der Waals surface area contributed by atoms with Crippen LogP contribution in [0.5, 0.6) is 5.75 Å². The van der Waals surface area contributed by atoms with Crippen molar-refractivity contribution in [1.29, 1.82) is 0 Å². The van der Waals surface area contributed by atoms with Crippen molar-refractivity contribution in [3.8, 4) is 5.75 Å². The number of non-ortho nitro benzene ring substituents is 1. The summed E-state index contributed by atoms with van der Waals surface area (Å²) in [4.78, 5) is 48.8. The van der Waals surface area contributed by atoms with Crippen LogP contribution in [-0.2, 0) is 14.4 Å². The number of carbonyl (C=O) groups is 3. The number of hydrogen-bond acceptors (Lipinski definition) is 6. The molecule has 1 heterocycles. The zero-order valence-corrected chi connectivity index (χ0v) is 18.3. The number of hydrogen-bond donors (Lipinski definition) is 2. The molecule has 0 atom stereocenters. The first-order chi connectivity index (χ1) is 15.8. The quantitative estimate of drug-likeness (QED) is 0.375. The molecule has 0 bridgehead atoms. The van der Waals surface area contributed by atoms with Crippen molar-refractivity contribution in [1.82, 2.24) is 10.2 Å². The van der Waals surface area contributed by atoms with Gasteiger partial charge in [0.05, 0.1) is 10.6 Å². The minimum atomic E-state index is -0.885. The molecule has 0 unspecified atom stereocenters. The number of amides is 3. The standard InChI is InChI=1S/C23H26N4O6/c1-16-7-8-18(27(31)32)13-20(16)25-23(30)22(29)24-14-17-9-11-26(12-10-17)21(28)15-33-19-5-3-2-4-6-19/h2-8,13,17H,9-12,14-15H2,1H3,(H,24,29)(H,25,30). The van der Waals surface area contributed by atoms with Gasteiger partial charge in [-0.2, -0.15) is 0 Å². The van der Waals surface area contributed by atoms with Crippen LogP contribution in [-0.4, -0.2) is 53.8 Å². The van der Waals surface area contributed by atoms with E-state index in [1.54, 1.807) is 24.0 Å². The molecule has 10 nitrogen and oxygen atoms in total. The van der Waals surface area contributed by atoms with E-state index < -0.39 is 16.7 Å². The maximum atomic E-state index is 12.3. The minimum absolute atomic E-state index is 0.0251. The Kier molecular flexibility index (Phi) is 7.96. The van der Waals surface area contributed by atoms with Crippen LogP contribution in [0.3, 0.4) is 0 Å². The van der Waals surface area contributed by atoms with Crippen molar-refractivity contribution in [2.45, 2.75) is 19.8 Å². The van der Waals surface area contributed by atoms with Crippen LogP contribution in [0.2, 0.25) is 0 Å². The van der Waals surface area contributed by atoms with Crippen molar-refractivity contribution in [3.05, 3.63) is 64.2 Å². The second-order valence-corrected chi connectivity index (χ2v) is 7.85. The van der Waals surface area contributed by atoms with E-state index in [4.69, 9.17) is 4.74 Å². The number of piperidine rings is 1. The Morgan fingerprint density at radius 3 is 2.45 bits per heavy atom. The molecule has 2 N–H and O–H groups in total. The van der Waals surface area contributed by atoms with Gasteiger partial charge in [0.2, 0.25) is 0 Å². The lowest BCUT2D eigenvalue weighted by Gasteiger charge is -2.32. The summed E-state index contributed by atoms with van der Waals surface area (Å²) in [5.74, 6) is -1.00. The first-order valence-corrected chi connectivity index (χ1v) is 10.6. The molecular formula is C23H26N4O6. The summed E-state index contributed by atoms with van der Waals surface area (Å²) >= 11 is 0. The highest BCUT2D eigenvalue weighted by molar-refractivity contribution is 6.39. The molecule has 1 fully saturated rings. The summed E-state index contributed by atoms with van der Waals surface area (Å²) in [5, 5.41) is 15.9. The van der Waals surface area contributed by atoms with E-state index in [0.717, 1.165) is 0 Å². The molecule has 1 saturated heterocycles. The van der Waals surface area contributed by atoms with Gasteiger partial charge in [-0.1, -0.05) is 24.3 Å². The molecule has 1 aliphatic rings. The fourth-order valence-electron chi connectivity index (χ4n) is 3.49. The van der Waals surface area contributed by atoms with Gasteiger partial charge in [0.15, 0.2) is 6.61 Å². The predicted octanol–water partition coefficient (Wildman–Crippen LogP) is 2.28. The number of para-hydroxylation sites is 1. The molecule has 2 aromatic rings. The van der Waals surface area contributed by atoms with E-state index in [0.29, 0.717) is 43.8 Å². The average molecular weight is 454 g/mol. The molecule has 0 aliphatic carbocycles. The Balaban J connectivity index is 1.40. The van der Waals surface area contributed by atoms with Gasteiger partial charge in [0.1, 0.15) is 5.75 Å². The lowest BCUT2D eigenvalue weighted by Crippen LogP contribution is -2.44. The number of nitrogens with zero attached hydrogens (tertiary/aromatic N) is 2. The van der Waals surface area contributed by atoms with Gasteiger partial charge >= 0.3 is 11.8 Å². The third-order valence-corrected chi connectivity index (χ3v) is 5.51. The summed E-state index contributed by atoms with van der Waals surface area (Å²) in [6, 6.07) is 13.2. The number of aryl methyl sites for hydroxylation is 1. The smallest absolute Gasteiger partial charge is 0.313 e. The van der Waals surface area contributed by atoms with E-state index in [9.17, 15) is 24.5 Å². The molecule has 0 saturated carbocycles. The van der Waals surface area contributed by atoms with E-state index in [2.05, 4.69) is 10.6 Å². The highest BCUT2D eigenvalue weighted by Crippen LogP contribution is 2.22. The van der Waals surface area contributed by atoms with Crippen LogP contribution >= 0.6 is 0 Å². The highest BCUT2D eigenvalue weighted by Gasteiger charge is 2.24.